The van der Waals surface area contributed by atoms with Gasteiger partial charge in [-0.3, -0.25) is 19.7 Å². The van der Waals surface area contributed by atoms with Crippen molar-refractivity contribution in [2.75, 3.05) is 5.32 Å². The van der Waals surface area contributed by atoms with E-state index in [2.05, 4.69) is 30.6 Å². The smallest absolute Gasteiger partial charge is 0.259 e. The van der Waals surface area contributed by atoms with Crippen LogP contribution in [0.2, 0.25) is 0 Å². The second-order valence-corrected chi connectivity index (χ2v) is 7.10. The minimum absolute atomic E-state index is 0.0535. The van der Waals surface area contributed by atoms with Crippen LogP contribution in [0.15, 0.2) is 29.8 Å². The largest absolute Gasteiger partial charge is 0.326 e. The van der Waals surface area contributed by atoms with E-state index < -0.39 is 11.8 Å². The third kappa shape index (κ3) is 2.56. The molecule has 0 unspecified atom stereocenters. The van der Waals surface area contributed by atoms with Crippen LogP contribution in [-0.2, 0) is 4.79 Å². The topological polar surface area (TPSA) is 75.3 Å². The molecule has 0 saturated heterocycles. The van der Waals surface area contributed by atoms with Gasteiger partial charge in [0.2, 0.25) is 5.91 Å². The summed E-state index contributed by atoms with van der Waals surface area (Å²) in [5.41, 5.74) is 2.33. The lowest BCUT2D eigenvalue weighted by atomic mass is 10.1. The van der Waals surface area contributed by atoms with Gasteiger partial charge in [0.05, 0.1) is 17.0 Å². The number of benzene rings is 1. The van der Waals surface area contributed by atoms with Crippen molar-refractivity contribution in [3.05, 3.63) is 41.0 Å². The van der Waals surface area contributed by atoms with Gasteiger partial charge in [-0.1, -0.05) is 25.5 Å². The van der Waals surface area contributed by atoms with E-state index in [-0.39, 0.29) is 23.2 Å². The number of imide groups is 1. The highest BCUT2D eigenvalue weighted by Crippen LogP contribution is 2.59. The zero-order chi connectivity index (χ0) is 16.9. The molecule has 120 valence electrons. The summed E-state index contributed by atoms with van der Waals surface area (Å²) in [5.74, 6) is -0.722. The predicted octanol–water partition coefficient (Wildman–Crippen LogP) is 2.75. The van der Waals surface area contributed by atoms with Crippen LogP contribution in [0.1, 0.15) is 48.4 Å². The Balaban J connectivity index is 1.78. The molecule has 2 aliphatic rings. The van der Waals surface area contributed by atoms with Gasteiger partial charge in [0, 0.05) is 5.69 Å². The van der Waals surface area contributed by atoms with Crippen molar-refractivity contribution in [3.63, 3.8) is 0 Å². The number of hydrogen-bond donors (Lipinski definition) is 2. The van der Waals surface area contributed by atoms with E-state index in [1.165, 1.54) is 5.57 Å². The number of anilines is 1. The molecule has 0 spiro atoms. The molecule has 2 atom stereocenters. The Hall–Kier alpha value is -2.43. The van der Waals surface area contributed by atoms with Crippen molar-refractivity contribution >= 4 is 23.4 Å². The Bertz CT molecular complexity index is 758. The molecule has 1 saturated carbocycles. The number of amides is 3. The van der Waals surface area contributed by atoms with Gasteiger partial charge in [-0.2, -0.15) is 0 Å². The standard InChI is InChI=1S/C18H20N2O3/c1-9(2)7-13-14(18(13,3)4)17(23)19-10-5-6-11-12(8-10)16(22)20-15(11)21/h5-8,13-14H,1-4H3,(H,19,23)(H,20,21,22)/t13-,14-/m1/s1. The Morgan fingerprint density at radius 3 is 2.48 bits per heavy atom. The predicted molar refractivity (Wildman–Crippen MR) is 87.1 cm³/mol. The number of rotatable bonds is 3. The second-order valence-electron chi connectivity index (χ2n) is 7.10. The lowest BCUT2D eigenvalue weighted by molar-refractivity contribution is -0.118. The fourth-order valence-electron chi connectivity index (χ4n) is 3.31. The normalized spacial score (nSPS) is 23.8. The van der Waals surface area contributed by atoms with E-state index in [9.17, 15) is 14.4 Å². The van der Waals surface area contributed by atoms with Crippen LogP contribution in [0.4, 0.5) is 5.69 Å². The molecule has 2 N–H and O–H groups in total. The van der Waals surface area contributed by atoms with E-state index >= 15 is 0 Å². The number of allylic oxidation sites excluding steroid dienone is 2. The molecule has 1 fully saturated rings. The number of fused-ring (bicyclic) bond motifs is 1. The molecule has 5 nitrogen and oxygen atoms in total. The van der Waals surface area contributed by atoms with Crippen LogP contribution in [0.3, 0.4) is 0 Å². The van der Waals surface area contributed by atoms with Crippen molar-refractivity contribution in [3.8, 4) is 0 Å². The van der Waals surface area contributed by atoms with E-state index in [0.29, 0.717) is 16.8 Å². The number of carbonyl (C=O) groups excluding carboxylic acids is 3. The molecule has 0 radical (unpaired) electrons. The summed E-state index contributed by atoms with van der Waals surface area (Å²) in [6.07, 6.45) is 2.14. The monoisotopic (exact) mass is 312 g/mol. The van der Waals surface area contributed by atoms with Crippen LogP contribution in [0, 0.1) is 17.3 Å². The average Bonchev–Trinajstić information content (AvgIpc) is 2.85. The Kier molecular flexibility index (Phi) is 3.39. The molecule has 1 aliphatic heterocycles. The molecular formula is C18H20N2O3. The van der Waals surface area contributed by atoms with Gasteiger partial charge in [-0.15, -0.1) is 0 Å². The lowest BCUT2D eigenvalue weighted by Gasteiger charge is -2.07. The maximum atomic E-state index is 12.5. The molecule has 0 bridgehead atoms. The molecular weight excluding hydrogens is 292 g/mol. The lowest BCUT2D eigenvalue weighted by Crippen LogP contribution is -2.20. The van der Waals surface area contributed by atoms with Crippen LogP contribution < -0.4 is 10.6 Å². The molecule has 5 heteroatoms. The van der Waals surface area contributed by atoms with Crippen LogP contribution in [0.25, 0.3) is 0 Å². The molecule has 1 aliphatic carbocycles. The molecule has 23 heavy (non-hydrogen) atoms. The molecule has 0 aromatic heterocycles. The quantitative estimate of drug-likeness (QED) is 0.665. The summed E-state index contributed by atoms with van der Waals surface area (Å²) in [5, 5.41) is 5.11. The summed E-state index contributed by atoms with van der Waals surface area (Å²) in [6.45, 7) is 8.21. The number of carbonyl (C=O) groups is 3. The zero-order valence-electron chi connectivity index (χ0n) is 13.7. The van der Waals surface area contributed by atoms with Crippen LogP contribution in [-0.4, -0.2) is 17.7 Å². The third-order valence-electron chi connectivity index (χ3n) is 4.71. The van der Waals surface area contributed by atoms with Crippen molar-refractivity contribution in [1.29, 1.82) is 0 Å². The summed E-state index contributed by atoms with van der Waals surface area (Å²) >= 11 is 0. The molecule has 3 rings (SSSR count). The van der Waals surface area contributed by atoms with Gasteiger partial charge in [0.25, 0.3) is 11.8 Å². The minimum Gasteiger partial charge on any atom is -0.326 e. The fraction of sp³-hybridized carbons (Fsp3) is 0.389. The summed E-state index contributed by atoms with van der Waals surface area (Å²) < 4.78 is 0. The number of nitrogens with one attached hydrogen (secondary N) is 2. The molecule has 1 aromatic carbocycles. The summed E-state index contributed by atoms with van der Waals surface area (Å²) in [4.78, 5) is 35.7. The van der Waals surface area contributed by atoms with E-state index in [4.69, 9.17) is 0 Å². The fourth-order valence-corrected chi connectivity index (χ4v) is 3.31. The van der Waals surface area contributed by atoms with Gasteiger partial charge < -0.3 is 5.32 Å². The third-order valence-corrected chi connectivity index (χ3v) is 4.71. The first kappa shape index (κ1) is 15.5. The van der Waals surface area contributed by atoms with E-state index in [1.54, 1.807) is 18.2 Å². The van der Waals surface area contributed by atoms with Gasteiger partial charge >= 0.3 is 0 Å². The van der Waals surface area contributed by atoms with E-state index in [0.717, 1.165) is 0 Å². The average molecular weight is 312 g/mol. The molecule has 1 heterocycles. The SMILES string of the molecule is CC(C)=C[C@@H]1[C@H](C(=O)Nc2ccc3c(c2)C(=O)NC3=O)C1(C)C. The highest BCUT2D eigenvalue weighted by molar-refractivity contribution is 6.22. The zero-order valence-corrected chi connectivity index (χ0v) is 13.7. The first-order valence-corrected chi connectivity index (χ1v) is 7.67. The summed E-state index contributed by atoms with van der Waals surface area (Å²) in [6, 6.07) is 4.77. The minimum atomic E-state index is -0.421. The maximum absolute atomic E-state index is 12.5. The van der Waals surface area contributed by atoms with Crippen molar-refractivity contribution in [2.24, 2.45) is 17.3 Å². The van der Waals surface area contributed by atoms with Gasteiger partial charge in [0.15, 0.2) is 0 Å². The Labute approximate surface area is 135 Å². The van der Waals surface area contributed by atoms with Crippen molar-refractivity contribution in [2.45, 2.75) is 27.7 Å². The molecule has 1 aromatic rings. The summed E-state index contributed by atoms with van der Waals surface area (Å²) in [7, 11) is 0. The van der Waals surface area contributed by atoms with Crippen LogP contribution in [0.5, 0.6) is 0 Å². The number of hydrogen-bond acceptors (Lipinski definition) is 3. The van der Waals surface area contributed by atoms with Gasteiger partial charge in [0.1, 0.15) is 0 Å². The maximum Gasteiger partial charge on any atom is 0.259 e. The Morgan fingerprint density at radius 1 is 1.17 bits per heavy atom. The van der Waals surface area contributed by atoms with Crippen LogP contribution >= 0.6 is 0 Å². The van der Waals surface area contributed by atoms with Gasteiger partial charge in [-0.25, -0.2) is 0 Å². The second kappa shape index (κ2) is 5.05. The van der Waals surface area contributed by atoms with Crippen molar-refractivity contribution in [1.82, 2.24) is 5.32 Å². The Morgan fingerprint density at radius 2 is 1.83 bits per heavy atom. The first-order valence-electron chi connectivity index (χ1n) is 7.67. The highest BCUT2D eigenvalue weighted by Gasteiger charge is 2.60. The van der Waals surface area contributed by atoms with E-state index in [1.807, 2.05) is 13.8 Å². The van der Waals surface area contributed by atoms with Gasteiger partial charge in [-0.05, 0) is 43.4 Å². The first-order chi connectivity index (χ1) is 10.7. The highest BCUT2D eigenvalue weighted by atomic mass is 16.2. The molecule has 3 amide bonds. The van der Waals surface area contributed by atoms with Crippen molar-refractivity contribution < 1.29 is 14.4 Å².